The van der Waals surface area contributed by atoms with Gasteiger partial charge in [-0.1, -0.05) is 18.5 Å². The van der Waals surface area contributed by atoms with Gasteiger partial charge in [-0.25, -0.2) is 5.43 Å². The van der Waals surface area contributed by atoms with Crippen molar-refractivity contribution in [3.63, 3.8) is 0 Å². The number of nitrogens with one attached hydrogen (secondary N) is 1. The second kappa shape index (κ2) is 9.78. The van der Waals surface area contributed by atoms with Crippen LogP contribution in [0.15, 0.2) is 40.4 Å². The normalized spacial score (nSPS) is 10.8. The molecule has 0 aliphatic rings. The van der Waals surface area contributed by atoms with Crippen LogP contribution in [0.1, 0.15) is 36.2 Å². The number of carbonyl (C=O) groups excluding carboxylic acids is 1. The molecule has 0 aliphatic carbocycles. The zero-order valence-electron chi connectivity index (χ0n) is 15.5. The fourth-order valence-corrected chi connectivity index (χ4v) is 2.54. The Bertz CT molecular complexity index is 893. The summed E-state index contributed by atoms with van der Waals surface area (Å²) in [7, 11) is 1.57. The number of carbonyl (C=O) groups is 1. The van der Waals surface area contributed by atoms with Gasteiger partial charge in [-0.05, 0) is 43.2 Å². The average molecular weight is 392 g/mol. The molecule has 0 radical (unpaired) electrons. The van der Waals surface area contributed by atoms with E-state index < -0.39 is 11.5 Å². The maximum Gasteiger partial charge on any atom is 0.276 e. The second-order valence-corrected chi connectivity index (χ2v) is 6.06. The maximum absolute atomic E-state index is 12.1. The molecular weight excluding hydrogens is 370 g/mol. The third kappa shape index (κ3) is 5.34. The van der Waals surface area contributed by atoms with Crippen LogP contribution in [0.5, 0.6) is 11.5 Å². The largest absolute Gasteiger partial charge is 0.490 e. The number of hydrazone groups is 1. The minimum atomic E-state index is -0.591. The Morgan fingerprint density at radius 3 is 2.81 bits per heavy atom. The van der Waals surface area contributed by atoms with Crippen LogP contribution in [0.4, 0.5) is 0 Å². The molecular formula is C19H22ClN3O4. The first-order valence-corrected chi connectivity index (χ1v) is 8.93. The Kier molecular flexibility index (Phi) is 7.43. The third-order valence-corrected chi connectivity index (χ3v) is 3.81. The van der Waals surface area contributed by atoms with Crippen molar-refractivity contribution in [1.29, 1.82) is 0 Å². The van der Waals surface area contributed by atoms with Gasteiger partial charge in [-0.2, -0.15) is 5.10 Å². The van der Waals surface area contributed by atoms with Crippen molar-refractivity contribution in [2.45, 2.75) is 20.3 Å². The number of hydrogen-bond donors (Lipinski definition) is 1. The van der Waals surface area contributed by atoms with Gasteiger partial charge in [-0.3, -0.25) is 9.59 Å². The summed E-state index contributed by atoms with van der Waals surface area (Å²) in [5.74, 6) is 0.393. The number of aryl methyl sites for hydroxylation is 1. The molecule has 0 spiro atoms. The minimum absolute atomic E-state index is 0.00787. The van der Waals surface area contributed by atoms with Gasteiger partial charge < -0.3 is 14.0 Å². The number of amides is 1. The molecule has 1 aromatic carbocycles. The van der Waals surface area contributed by atoms with E-state index in [9.17, 15) is 9.59 Å². The van der Waals surface area contributed by atoms with Crippen LogP contribution < -0.4 is 20.5 Å². The lowest BCUT2D eigenvalue weighted by Crippen LogP contribution is -2.29. The van der Waals surface area contributed by atoms with E-state index in [-0.39, 0.29) is 5.56 Å². The summed E-state index contributed by atoms with van der Waals surface area (Å²) in [6.45, 7) is 4.83. The summed E-state index contributed by atoms with van der Waals surface area (Å²) in [5, 5.41) is 4.28. The number of benzene rings is 1. The molecule has 1 amide bonds. The Morgan fingerprint density at radius 1 is 1.33 bits per heavy atom. The fourth-order valence-electron chi connectivity index (χ4n) is 2.27. The zero-order chi connectivity index (χ0) is 19.8. The van der Waals surface area contributed by atoms with Gasteiger partial charge in [0, 0.05) is 13.2 Å². The van der Waals surface area contributed by atoms with Crippen LogP contribution in [0.2, 0.25) is 5.02 Å². The first kappa shape index (κ1) is 20.5. The van der Waals surface area contributed by atoms with E-state index in [4.69, 9.17) is 21.1 Å². The van der Waals surface area contributed by atoms with Crippen molar-refractivity contribution in [2.75, 3.05) is 13.2 Å². The van der Waals surface area contributed by atoms with Crippen LogP contribution in [-0.2, 0) is 7.05 Å². The number of pyridine rings is 1. The molecule has 0 fully saturated rings. The predicted octanol–water partition coefficient (Wildman–Crippen LogP) is 2.99. The summed E-state index contributed by atoms with van der Waals surface area (Å²) in [4.78, 5) is 24.0. The number of ether oxygens (including phenoxy) is 2. The first-order valence-electron chi connectivity index (χ1n) is 8.56. The Hall–Kier alpha value is -2.80. The van der Waals surface area contributed by atoms with E-state index >= 15 is 0 Å². The Morgan fingerprint density at radius 2 is 2.11 bits per heavy atom. The Labute approximate surface area is 162 Å². The molecule has 144 valence electrons. The third-order valence-electron chi connectivity index (χ3n) is 3.53. The molecule has 0 saturated carbocycles. The average Bonchev–Trinajstić information content (AvgIpc) is 2.63. The molecule has 7 nitrogen and oxygen atoms in total. The number of nitrogens with zero attached hydrogens (tertiary/aromatic N) is 2. The van der Waals surface area contributed by atoms with E-state index in [1.54, 1.807) is 31.4 Å². The highest BCUT2D eigenvalue weighted by molar-refractivity contribution is 6.32. The van der Waals surface area contributed by atoms with Crippen molar-refractivity contribution < 1.29 is 14.3 Å². The highest BCUT2D eigenvalue weighted by Crippen LogP contribution is 2.36. The van der Waals surface area contributed by atoms with Crippen LogP contribution in [0.25, 0.3) is 0 Å². The zero-order valence-corrected chi connectivity index (χ0v) is 16.2. The van der Waals surface area contributed by atoms with E-state index in [2.05, 4.69) is 10.5 Å². The predicted molar refractivity (Wildman–Crippen MR) is 105 cm³/mol. The standard InChI is InChI=1S/C19H22ClN3O4/c1-4-9-27-17-15(20)10-13(11-16(17)26-5-2)12-21-22-18(24)14-7-6-8-23(3)19(14)25/h6-8,10-12H,4-5,9H2,1-3H3,(H,22,24)/b21-12-. The van der Waals surface area contributed by atoms with E-state index in [0.29, 0.717) is 35.3 Å². The minimum Gasteiger partial charge on any atom is -0.490 e. The van der Waals surface area contributed by atoms with Gasteiger partial charge in [0.15, 0.2) is 11.5 Å². The monoisotopic (exact) mass is 391 g/mol. The number of halogens is 1. The van der Waals surface area contributed by atoms with Crippen molar-refractivity contribution in [3.05, 3.63) is 57.0 Å². The lowest BCUT2D eigenvalue weighted by molar-refractivity contribution is 0.0953. The van der Waals surface area contributed by atoms with Gasteiger partial charge >= 0.3 is 0 Å². The summed E-state index contributed by atoms with van der Waals surface area (Å²) in [6, 6.07) is 6.43. The van der Waals surface area contributed by atoms with Crippen molar-refractivity contribution in [1.82, 2.24) is 9.99 Å². The van der Waals surface area contributed by atoms with Crippen molar-refractivity contribution in [2.24, 2.45) is 12.1 Å². The lowest BCUT2D eigenvalue weighted by Gasteiger charge is -2.13. The van der Waals surface area contributed by atoms with Gasteiger partial charge in [0.1, 0.15) is 5.56 Å². The molecule has 2 rings (SSSR count). The van der Waals surface area contributed by atoms with Crippen molar-refractivity contribution >= 4 is 23.7 Å². The summed E-state index contributed by atoms with van der Waals surface area (Å²) >= 11 is 6.28. The maximum atomic E-state index is 12.1. The van der Waals surface area contributed by atoms with Gasteiger partial charge in [0.05, 0.1) is 24.5 Å². The number of hydrogen-bond acceptors (Lipinski definition) is 5. The smallest absolute Gasteiger partial charge is 0.276 e. The van der Waals surface area contributed by atoms with Gasteiger partial charge in [0.2, 0.25) is 0 Å². The van der Waals surface area contributed by atoms with E-state index in [1.165, 1.54) is 16.8 Å². The number of rotatable bonds is 8. The number of aromatic nitrogens is 1. The molecule has 1 aromatic heterocycles. The fraction of sp³-hybridized carbons (Fsp3) is 0.316. The molecule has 2 aromatic rings. The SMILES string of the molecule is CCCOc1c(Cl)cc(/C=N\NC(=O)c2cccn(C)c2=O)cc1OCC. The molecule has 8 heteroatoms. The van der Waals surface area contributed by atoms with Gasteiger partial charge in [-0.15, -0.1) is 0 Å². The van der Waals surface area contributed by atoms with E-state index in [0.717, 1.165) is 6.42 Å². The summed E-state index contributed by atoms with van der Waals surface area (Å²) in [6.07, 6.45) is 3.83. The van der Waals surface area contributed by atoms with Crippen LogP contribution in [-0.4, -0.2) is 29.9 Å². The molecule has 0 bridgehead atoms. The summed E-state index contributed by atoms with van der Waals surface area (Å²) in [5.41, 5.74) is 2.57. The quantitative estimate of drug-likeness (QED) is 0.554. The van der Waals surface area contributed by atoms with Crippen LogP contribution in [0.3, 0.4) is 0 Å². The highest BCUT2D eigenvalue weighted by Gasteiger charge is 2.13. The Balaban J connectivity index is 2.17. The molecule has 0 aliphatic heterocycles. The topological polar surface area (TPSA) is 81.9 Å². The highest BCUT2D eigenvalue weighted by atomic mass is 35.5. The molecule has 27 heavy (non-hydrogen) atoms. The van der Waals surface area contributed by atoms with Crippen LogP contribution in [0, 0.1) is 0 Å². The van der Waals surface area contributed by atoms with E-state index in [1.807, 2.05) is 13.8 Å². The summed E-state index contributed by atoms with van der Waals surface area (Å²) < 4.78 is 12.5. The first-order chi connectivity index (χ1) is 13.0. The lowest BCUT2D eigenvalue weighted by atomic mass is 10.2. The molecule has 1 heterocycles. The van der Waals surface area contributed by atoms with Crippen LogP contribution >= 0.6 is 11.6 Å². The second-order valence-electron chi connectivity index (χ2n) is 5.65. The molecule has 0 unspecified atom stereocenters. The molecule has 0 saturated heterocycles. The molecule has 1 N–H and O–H groups in total. The van der Waals surface area contributed by atoms with Crippen molar-refractivity contribution in [3.8, 4) is 11.5 Å². The molecule has 0 atom stereocenters. The van der Waals surface area contributed by atoms with Gasteiger partial charge in [0.25, 0.3) is 11.5 Å².